The van der Waals surface area contributed by atoms with Crippen molar-refractivity contribution in [2.75, 3.05) is 11.9 Å². The maximum Gasteiger partial charge on any atom is 0.239 e. The zero-order valence-electron chi connectivity index (χ0n) is 19.8. The number of nitrogens with zero attached hydrogens (tertiary/aromatic N) is 3. The van der Waals surface area contributed by atoms with Crippen LogP contribution in [0, 0.1) is 5.82 Å². The molecule has 3 aromatic carbocycles. The lowest BCUT2D eigenvalue weighted by Gasteiger charge is -2.19. The fourth-order valence-corrected chi connectivity index (χ4v) is 4.45. The zero-order chi connectivity index (χ0) is 26.1. The van der Waals surface area contributed by atoms with Crippen LogP contribution < -0.4 is 15.5 Å². The van der Waals surface area contributed by atoms with Gasteiger partial charge in [0, 0.05) is 11.6 Å². The molecule has 10 nitrogen and oxygen atoms in total. The number of ether oxygens (including phenoxy) is 2. The van der Waals surface area contributed by atoms with Gasteiger partial charge >= 0.3 is 0 Å². The second kappa shape index (κ2) is 9.87. The molecule has 0 bridgehead atoms. The summed E-state index contributed by atoms with van der Waals surface area (Å²) < 4.78 is 31.0. The molecule has 0 fully saturated rings. The van der Waals surface area contributed by atoms with E-state index in [1.807, 2.05) is 18.2 Å². The number of hydrogen-bond acceptors (Lipinski definition) is 8. The summed E-state index contributed by atoms with van der Waals surface area (Å²) in [6, 6.07) is 19.5. The predicted molar refractivity (Wildman–Crippen MR) is 134 cm³/mol. The smallest absolute Gasteiger partial charge is 0.239 e. The molecule has 2 N–H and O–H groups in total. The lowest BCUT2D eigenvalue weighted by atomic mass is 9.94. The number of amides is 1. The molecule has 38 heavy (non-hydrogen) atoms. The summed E-state index contributed by atoms with van der Waals surface area (Å²) in [5.41, 5.74) is 1.69. The molecule has 2 unspecified atom stereocenters. The van der Waals surface area contributed by atoms with Crippen molar-refractivity contribution in [3.8, 4) is 17.3 Å². The number of tetrazole rings is 1. The average Bonchev–Trinajstić information content (AvgIpc) is 3.58. The molecule has 0 saturated carbocycles. The molecule has 11 heteroatoms. The van der Waals surface area contributed by atoms with Gasteiger partial charge in [-0.2, -0.15) is 5.21 Å². The maximum atomic E-state index is 13.7. The Morgan fingerprint density at radius 1 is 1.08 bits per heavy atom. The largest absolute Gasteiger partial charge is 0.487 e. The summed E-state index contributed by atoms with van der Waals surface area (Å²) in [7, 11) is 0. The number of benzene rings is 3. The summed E-state index contributed by atoms with van der Waals surface area (Å²) in [6.07, 6.45) is -0.607. The van der Waals surface area contributed by atoms with Crippen molar-refractivity contribution in [3.63, 3.8) is 0 Å². The highest BCUT2D eigenvalue weighted by Crippen LogP contribution is 2.39. The predicted octanol–water partition coefficient (Wildman–Crippen LogP) is 3.81. The third kappa shape index (κ3) is 4.50. The van der Waals surface area contributed by atoms with E-state index in [1.165, 1.54) is 18.2 Å². The number of anilines is 1. The number of aromatic amines is 1. The summed E-state index contributed by atoms with van der Waals surface area (Å²) in [6.45, 7) is 0.356. The van der Waals surface area contributed by atoms with E-state index >= 15 is 0 Å². The molecule has 5 aromatic rings. The van der Waals surface area contributed by atoms with Gasteiger partial charge in [0.05, 0.1) is 24.3 Å². The van der Waals surface area contributed by atoms with Crippen LogP contribution in [0.5, 0.6) is 5.75 Å². The Balaban J connectivity index is 1.27. The SMILES string of the molecule is O=C(Nc1cccc2c(=O)cc(-c3nn[nH]n3)oc12)C1c2ccccc2OC1COCc1ccc(F)cc1. The zero-order valence-corrected chi connectivity index (χ0v) is 19.8. The second-order valence-corrected chi connectivity index (χ2v) is 8.70. The van der Waals surface area contributed by atoms with E-state index in [2.05, 4.69) is 25.9 Å². The van der Waals surface area contributed by atoms with Gasteiger partial charge in [-0.3, -0.25) is 9.59 Å². The fraction of sp³-hybridized carbons (Fsp3) is 0.148. The monoisotopic (exact) mass is 513 g/mol. The highest BCUT2D eigenvalue weighted by molar-refractivity contribution is 6.03. The number of H-pyrrole nitrogens is 1. The molecule has 2 aromatic heterocycles. The highest BCUT2D eigenvalue weighted by Gasteiger charge is 2.40. The van der Waals surface area contributed by atoms with Crippen LogP contribution in [0.25, 0.3) is 22.6 Å². The molecule has 1 amide bonds. The van der Waals surface area contributed by atoms with Crippen LogP contribution in [0.2, 0.25) is 0 Å². The topological polar surface area (TPSA) is 132 Å². The van der Waals surface area contributed by atoms with Gasteiger partial charge in [-0.25, -0.2) is 4.39 Å². The maximum absolute atomic E-state index is 13.7. The van der Waals surface area contributed by atoms with Crippen molar-refractivity contribution in [1.29, 1.82) is 0 Å². The van der Waals surface area contributed by atoms with E-state index in [4.69, 9.17) is 13.9 Å². The number of para-hydroxylation sites is 2. The molecule has 0 radical (unpaired) electrons. The van der Waals surface area contributed by atoms with Crippen molar-refractivity contribution in [3.05, 3.63) is 100.0 Å². The van der Waals surface area contributed by atoms with Gasteiger partial charge in [0.15, 0.2) is 16.8 Å². The van der Waals surface area contributed by atoms with Crippen molar-refractivity contribution >= 4 is 22.6 Å². The van der Waals surface area contributed by atoms with Crippen LogP contribution >= 0.6 is 0 Å². The summed E-state index contributed by atoms with van der Waals surface area (Å²) in [4.78, 5) is 26.4. The lowest BCUT2D eigenvalue weighted by Crippen LogP contribution is -2.33. The van der Waals surface area contributed by atoms with Crippen molar-refractivity contribution in [2.45, 2.75) is 18.6 Å². The van der Waals surface area contributed by atoms with E-state index in [-0.39, 0.29) is 52.9 Å². The normalized spacial score (nSPS) is 16.2. The van der Waals surface area contributed by atoms with Gasteiger partial charge < -0.3 is 19.2 Å². The third-order valence-corrected chi connectivity index (χ3v) is 6.23. The molecule has 3 heterocycles. The number of aromatic nitrogens is 4. The standard InChI is InChI=1S/C27H20FN5O5/c28-16-10-8-15(9-11-16)13-36-14-23-24(18-4-1-2-7-21(18)37-23)27(35)29-19-6-3-5-17-20(34)12-22(38-25(17)19)26-30-32-33-31-26/h1-12,23-24H,13-14H2,(H,29,35)(H,30,31,32,33). The minimum Gasteiger partial charge on any atom is -0.487 e. The van der Waals surface area contributed by atoms with E-state index in [0.29, 0.717) is 11.4 Å². The Hall–Kier alpha value is -4.90. The molecule has 0 aliphatic carbocycles. The third-order valence-electron chi connectivity index (χ3n) is 6.23. The minimum atomic E-state index is -0.693. The molecule has 1 aliphatic rings. The van der Waals surface area contributed by atoms with E-state index in [1.54, 1.807) is 36.4 Å². The molecular weight excluding hydrogens is 493 g/mol. The fourth-order valence-electron chi connectivity index (χ4n) is 4.45. The molecule has 6 rings (SSSR count). The Labute approximate surface area is 214 Å². The van der Waals surface area contributed by atoms with E-state index < -0.39 is 12.0 Å². The second-order valence-electron chi connectivity index (χ2n) is 8.70. The summed E-state index contributed by atoms with van der Waals surface area (Å²) >= 11 is 0. The van der Waals surface area contributed by atoms with Crippen LogP contribution in [0.3, 0.4) is 0 Å². The molecule has 2 atom stereocenters. The number of halogens is 1. The number of carbonyl (C=O) groups excluding carboxylic acids is 1. The molecule has 190 valence electrons. The molecular formula is C27H20FN5O5. The highest BCUT2D eigenvalue weighted by atomic mass is 19.1. The number of nitrogens with one attached hydrogen (secondary N) is 2. The number of carbonyl (C=O) groups is 1. The number of fused-ring (bicyclic) bond motifs is 2. The number of rotatable bonds is 7. The van der Waals surface area contributed by atoms with Gasteiger partial charge in [-0.15, -0.1) is 10.2 Å². The van der Waals surface area contributed by atoms with Crippen LogP contribution in [-0.4, -0.2) is 39.2 Å². The summed E-state index contributed by atoms with van der Waals surface area (Å²) in [5.74, 6) is -0.561. The Kier molecular flexibility index (Phi) is 6.10. The van der Waals surface area contributed by atoms with Gasteiger partial charge in [-0.05, 0) is 41.1 Å². The minimum absolute atomic E-state index is 0.111. The Morgan fingerprint density at radius 3 is 2.74 bits per heavy atom. The number of hydrogen-bond donors (Lipinski definition) is 2. The molecule has 0 spiro atoms. The van der Waals surface area contributed by atoms with E-state index in [9.17, 15) is 14.0 Å². The van der Waals surface area contributed by atoms with Gasteiger partial charge in [0.2, 0.25) is 11.7 Å². The lowest BCUT2D eigenvalue weighted by molar-refractivity contribution is -0.119. The first-order valence-electron chi connectivity index (χ1n) is 11.8. The van der Waals surface area contributed by atoms with Crippen molar-refractivity contribution < 1.29 is 23.1 Å². The van der Waals surface area contributed by atoms with Crippen LogP contribution in [0.4, 0.5) is 10.1 Å². The van der Waals surface area contributed by atoms with Crippen LogP contribution in [0.1, 0.15) is 17.0 Å². The van der Waals surface area contributed by atoms with Gasteiger partial charge in [0.1, 0.15) is 23.6 Å². The van der Waals surface area contributed by atoms with Crippen molar-refractivity contribution in [2.24, 2.45) is 0 Å². The molecule has 1 aliphatic heterocycles. The Bertz CT molecular complexity index is 1670. The van der Waals surface area contributed by atoms with Crippen LogP contribution in [-0.2, 0) is 16.1 Å². The molecule has 0 saturated heterocycles. The van der Waals surface area contributed by atoms with E-state index in [0.717, 1.165) is 11.1 Å². The Morgan fingerprint density at radius 2 is 1.92 bits per heavy atom. The summed E-state index contributed by atoms with van der Waals surface area (Å²) in [5, 5.41) is 16.7. The first-order valence-corrected chi connectivity index (χ1v) is 11.8. The first kappa shape index (κ1) is 23.5. The van der Waals surface area contributed by atoms with Crippen LogP contribution in [0.15, 0.2) is 82.0 Å². The van der Waals surface area contributed by atoms with Gasteiger partial charge in [0.25, 0.3) is 0 Å². The quantitative estimate of drug-likeness (QED) is 0.336. The first-order chi connectivity index (χ1) is 18.6. The van der Waals surface area contributed by atoms with Crippen molar-refractivity contribution in [1.82, 2.24) is 20.6 Å². The average molecular weight is 513 g/mol. The van der Waals surface area contributed by atoms with Gasteiger partial charge in [-0.1, -0.05) is 36.4 Å².